The zero-order chi connectivity index (χ0) is 15.5. The van der Waals surface area contributed by atoms with Crippen molar-refractivity contribution in [2.45, 2.75) is 19.4 Å². The molecule has 0 fully saturated rings. The zero-order valence-electron chi connectivity index (χ0n) is 12.2. The van der Waals surface area contributed by atoms with Crippen LogP contribution in [0.5, 0.6) is 11.5 Å². The lowest BCUT2D eigenvalue weighted by Gasteiger charge is -2.27. The van der Waals surface area contributed by atoms with Crippen LogP contribution in [0.2, 0.25) is 0 Å². The highest BCUT2D eigenvalue weighted by atomic mass is 16.5. The van der Waals surface area contributed by atoms with Gasteiger partial charge in [-0.1, -0.05) is 6.07 Å². The number of aromatic carboxylic acids is 1. The molecule has 0 amide bonds. The predicted molar refractivity (Wildman–Crippen MR) is 77.8 cm³/mol. The maximum Gasteiger partial charge on any atom is 0.335 e. The summed E-state index contributed by atoms with van der Waals surface area (Å²) in [4.78, 5) is 15.2. The van der Waals surface area contributed by atoms with E-state index in [-0.39, 0.29) is 5.56 Å². The number of benzene rings is 1. The van der Waals surface area contributed by atoms with Crippen LogP contribution in [0.25, 0.3) is 0 Å². The molecule has 0 aliphatic heterocycles. The first kappa shape index (κ1) is 14.8. The Balaban J connectivity index is 2.37. The summed E-state index contributed by atoms with van der Waals surface area (Å²) in [5.74, 6) is -0.148. The zero-order valence-corrected chi connectivity index (χ0v) is 12.2. The van der Waals surface area contributed by atoms with Gasteiger partial charge in [-0.3, -0.25) is 4.98 Å². The average molecular weight is 287 g/mol. The molecule has 0 atom stereocenters. The van der Waals surface area contributed by atoms with E-state index in [1.165, 1.54) is 19.2 Å². The minimum Gasteiger partial charge on any atom is -0.493 e. The lowest BCUT2D eigenvalue weighted by atomic mass is 10.00. The molecule has 2 aromatic rings. The van der Waals surface area contributed by atoms with Gasteiger partial charge in [0.25, 0.3) is 0 Å². The van der Waals surface area contributed by atoms with E-state index in [2.05, 4.69) is 4.98 Å². The first-order valence-electron chi connectivity index (χ1n) is 6.45. The number of pyridine rings is 1. The van der Waals surface area contributed by atoms with Gasteiger partial charge in [0, 0.05) is 18.0 Å². The van der Waals surface area contributed by atoms with Gasteiger partial charge in [0.1, 0.15) is 5.60 Å². The van der Waals surface area contributed by atoms with Crippen molar-refractivity contribution in [2.75, 3.05) is 7.11 Å². The highest BCUT2D eigenvalue weighted by molar-refractivity contribution is 5.88. The number of carboxylic acids is 1. The van der Waals surface area contributed by atoms with Crippen molar-refractivity contribution in [3.05, 3.63) is 53.9 Å². The van der Waals surface area contributed by atoms with Crippen LogP contribution < -0.4 is 9.47 Å². The van der Waals surface area contributed by atoms with E-state index in [4.69, 9.17) is 14.6 Å². The number of rotatable bonds is 5. The van der Waals surface area contributed by atoms with Crippen LogP contribution in [0.4, 0.5) is 0 Å². The van der Waals surface area contributed by atoms with Gasteiger partial charge in [-0.2, -0.15) is 0 Å². The third kappa shape index (κ3) is 3.31. The van der Waals surface area contributed by atoms with Crippen molar-refractivity contribution >= 4 is 5.97 Å². The first-order valence-corrected chi connectivity index (χ1v) is 6.45. The van der Waals surface area contributed by atoms with E-state index in [0.29, 0.717) is 11.5 Å². The molecule has 1 heterocycles. The van der Waals surface area contributed by atoms with E-state index >= 15 is 0 Å². The second kappa shape index (κ2) is 5.83. The summed E-state index contributed by atoms with van der Waals surface area (Å²) in [6.07, 6.45) is 3.40. The average Bonchev–Trinajstić information content (AvgIpc) is 2.47. The number of carboxylic acid groups (broad SMARTS) is 1. The van der Waals surface area contributed by atoms with Crippen molar-refractivity contribution < 1.29 is 19.4 Å². The Morgan fingerprint density at radius 2 is 2.00 bits per heavy atom. The normalized spacial score (nSPS) is 11.0. The number of methoxy groups -OCH3 is 1. The SMILES string of the molecule is COc1ccc(C(=O)O)cc1OC(C)(C)c1cccnc1. The Hall–Kier alpha value is -2.56. The molecule has 1 aromatic carbocycles. The van der Waals surface area contributed by atoms with Crippen LogP contribution in [0.1, 0.15) is 29.8 Å². The van der Waals surface area contributed by atoms with Crippen LogP contribution in [0, 0.1) is 0 Å². The van der Waals surface area contributed by atoms with Crippen molar-refractivity contribution in [3.8, 4) is 11.5 Å². The molecular weight excluding hydrogens is 270 g/mol. The minimum atomic E-state index is -1.01. The van der Waals surface area contributed by atoms with E-state index in [1.807, 2.05) is 26.0 Å². The number of nitrogens with zero attached hydrogens (tertiary/aromatic N) is 1. The molecule has 1 aromatic heterocycles. The van der Waals surface area contributed by atoms with Crippen molar-refractivity contribution in [3.63, 3.8) is 0 Å². The van der Waals surface area contributed by atoms with Gasteiger partial charge in [-0.15, -0.1) is 0 Å². The Morgan fingerprint density at radius 1 is 1.24 bits per heavy atom. The molecule has 1 N–H and O–H groups in total. The van der Waals surface area contributed by atoms with Crippen molar-refractivity contribution in [1.82, 2.24) is 4.98 Å². The fourth-order valence-corrected chi connectivity index (χ4v) is 1.94. The maximum absolute atomic E-state index is 11.1. The molecule has 0 radical (unpaired) electrons. The van der Waals surface area contributed by atoms with E-state index in [9.17, 15) is 4.79 Å². The van der Waals surface area contributed by atoms with Crippen molar-refractivity contribution in [1.29, 1.82) is 0 Å². The number of hydrogen-bond acceptors (Lipinski definition) is 4. The molecule has 2 rings (SSSR count). The van der Waals surface area contributed by atoms with Crippen LogP contribution in [0.3, 0.4) is 0 Å². The quantitative estimate of drug-likeness (QED) is 0.915. The molecule has 0 saturated heterocycles. The van der Waals surface area contributed by atoms with Gasteiger partial charge in [-0.25, -0.2) is 4.79 Å². The summed E-state index contributed by atoms with van der Waals surface area (Å²) >= 11 is 0. The number of ether oxygens (including phenoxy) is 2. The number of hydrogen-bond donors (Lipinski definition) is 1. The summed E-state index contributed by atoms with van der Waals surface area (Å²) in [6, 6.07) is 8.24. The van der Waals surface area contributed by atoms with Crippen LogP contribution >= 0.6 is 0 Å². The molecule has 0 saturated carbocycles. The third-order valence-corrected chi connectivity index (χ3v) is 3.13. The first-order chi connectivity index (χ1) is 9.94. The largest absolute Gasteiger partial charge is 0.493 e. The van der Waals surface area contributed by atoms with Gasteiger partial charge >= 0.3 is 5.97 Å². The van der Waals surface area contributed by atoms with E-state index in [0.717, 1.165) is 5.56 Å². The van der Waals surface area contributed by atoms with Gasteiger partial charge in [0.15, 0.2) is 11.5 Å². The highest BCUT2D eigenvalue weighted by Crippen LogP contribution is 2.34. The molecular formula is C16H17NO4. The van der Waals surface area contributed by atoms with Crippen LogP contribution in [0.15, 0.2) is 42.7 Å². The van der Waals surface area contributed by atoms with Gasteiger partial charge in [0.05, 0.1) is 12.7 Å². The summed E-state index contributed by atoms with van der Waals surface area (Å²) in [7, 11) is 1.51. The van der Waals surface area contributed by atoms with Crippen molar-refractivity contribution in [2.24, 2.45) is 0 Å². The summed E-state index contributed by atoms with van der Waals surface area (Å²) in [6.45, 7) is 3.77. The Morgan fingerprint density at radius 3 is 2.57 bits per heavy atom. The second-order valence-corrected chi connectivity index (χ2v) is 5.02. The lowest BCUT2D eigenvalue weighted by Crippen LogP contribution is -2.25. The number of aromatic nitrogens is 1. The predicted octanol–water partition coefficient (Wildman–Crippen LogP) is 3.10. The molecule has 5 heteroatoms. The topological polar surface area (TPSA) is 68.7 Å². The Labute approximate surface area is 123 Å². The third-order valence-electron chi connectivity index (χ3n) is 3.13. The van der Waals surface area contributed by atoms with E-state index < -0.39 is 11.6 Å². The lowest BCUT2D eigenvalue weighted by molar-refractivity contribution is 0.0693. The molecule has 0 unspecified atom stereocenters. The fourth-order valence-electron chi connectivity index (χ4n) is 1.94. The van der Waals surface area contributed by atoms with E-state index in [1.54, 1.807) is 18.5 Å². The van der Waals surface area contributed by atoms with Crippen LogP contribution in [-0.2, 0) is 5.60 Å². The van der Waals surface area contributed by atoms with Crippen LogP contribution in [-0.4, -0.2) is 23.2 Å². The standard InChI is InChI=1S/C16H17NO4/c1-16(2,12-5-4-8-17-10-12)21-14-9-11(15(18)19)6-7-13(14)20-3/h4-10H,1-3H3,(H,18,19). The summed E-state index contributed by atoms with van der Waals surface area (Å²) in [5.41, 5.74) is 0.360. The molecule has 0 aliphatic rings. The summed E-state index contributed by atoms with van der Waals surface area (Å²) < 4.78 is 11.2. The Kier molecular flexibility index (Phi) is 4.12. The molecule has 0 aliphatic carbocycles. The summed E-state index contributed by atoms with van der Waals surface area (Å²) in [5, 5.41) is 9.08. The van der Waals surface area contributed by atoms with Gasteiger partial charge < -0.3 is 14.6 Å². The smallest absolute Gasteiger partial charge is 0.335 e. The van der Waals surface area contributed by atoms with Gasteiger partial charge in [0.2, 0.25) is 0 Å². The maximum atomic E-state index is 11.1. The molecule has 5 nitrogen and oxygen atoms in total. The molecule has 0 bridgehead atoms. The van der Waals surface area contributed by atoms with Gasteiger partial charge in [-0.05, 0) is 38.1 Å². The Bertz CT molecular complexity index is 638. The fraction of sp³-hybridized carbons (Fsp3) is 0.250. The molecule has 110 valence electrons. The molecule has 0 spiro atoms. The number of carbonyl (C=O) groups is 1. The molecule has 21 heavy (non-hydrogen) atoms. The second-order valence-electron chi connectivity index (χ2n) is 5.02. The minimum absolute atomic E-state index is 0.146. The highest BCUT2D eigenvalue weighted by Gasteiger charge is 2.25. The monoisotopic (exact) mass is 287 g/mol.